The Morgan fingerprint density at radius 2 is 1.83 bits per heavy atom. The van der Waals surface area contributed by atoms with Crippen molar-refractivity contribution in [3.63, 3.8) is 0 Å². The first-order valence-corrected chi connectivity index (χ1v) is 9.94. The van der Waals surface area contributed by atoms with E-state index in [1.165, 1.54) is 36.3 Å². The monoisotopic (exact) mass is 398 g/mol. The molecule has 3 rings (SSSR count). The van der Waals surface area contributed by atoms with Crippen LogP contribution >= 0.6 is 0 Å². The first-order chi connectivity index (χ1) is 14.0. The molecule has 29 heavy (non-hydrogen) atoms. The lowest BCUT2D eigenvalue weighted by atomic mass is 9.88. The molecule has 7 heteroatoms. The average Bonchev–Trinajstić information content (AvgIpc) is 3.05. The molecule has 1 saturated carbocycles. The highest BCUT2D eigenvalue weighted by atomic mass is 16.5. The summed E-state index contributed by atoms with van der Waals surface area (Å²) in [5, 5.41) is 0. The number of carbonyl (C=O) groups excluding carboxylic acids is 4. The molecule has 0 N–H and O–H groups in total. The van der Waals surface area contributed by atoms with Gasteiger partial charge in [-0.3, -0.25) is 14.4 Å². The van der Waals surface area contributed by atoms with E-state index in [1.807, 2.05) is 0 Å². The van der Waals surface area contributed by atoms with Gasteiger partial charge in [-0.25, -0.2) is 9.69 Å². The minimum absolute atomic E-state index is 0.0517. The molecule has 2 fully saturated rings. The Kier molecular flexibility index (Phi) is 6.46. The molecule has 1 aliphatic carbocycles. The number of hydrogen-bond donors (Lipinski definition) is 0. The third-order valence-corrected chi connectivity index (χ3v) is 5.61. The van der Waals surface area contributed by atoms with Gasteiger partial charge in [-0.05, 0) is 37.1 Å². The zero-order valence-corrected chi connectivity index (χ0v) is 16.6. The molecule has 154 valence electrons. The molecule has 0 spiro atoms. The minimum atomic E-state index is -0.824. The third-order valence-electron chi connectivity index (χ3n) is 5.61. The van der Waals surface area contributed by atoms with E-state index >= 15 is 0 Å². The molecule has 0 bridgehead atoms. The Balaban J connectivity index is 1.81. The van der Waals surface area contributed by atoms with Crippen LogP contribution in [0.25, 0.3) is 0 Å². The summed E-state index contributed by atoms with van der Waals surface area (Å²) in [6.07, 6.45) is 6.32. The maximum absolute atomic E-state index is 13.1. The number of amides is 3. The van der Waals surface area contributed by atoms with Gasteiger partial charge in [-0.15, -0.1) is 6.58 Å². The predicted molar refractivity (Wildman–Crippen MR) is 107 cm³/mol. The van der Waals surface area contributed by atoms with E-state index in [9.17, 15) is 19.2 Å². The van der Waals surface area contributed by atoms with Crippen molar-refractivity contribution in [3.8, 4) is 0 Å². The molecule has 1 unspecified atom stereocenters. The number of hydrogen-bond acceptors (Lipinski definition) is 5. The standard InChI is InChI=1S/C22H26N2O5/c1-3-13-23(20(26)15-7-5-4-6-8-15)18-14-19(25)24(21(18)27)17-11-9-16(10-12-17)22(28)29-2/h3,9-12,15,18H,1,4-8,13-14H2,2H3. The minimum Gasteiger partial charge on any atom is -0.465 e. The molecule has 1 aromatic rings. The molecule has 1 aromatic carbocycles. The molecular weight excluding hydrogens is 372 g/mol. The van der Waals surface area contributed by atoms with Crippen LogP contribution in [-0.2, 0) is 19.1 Å². The fourth-order valence-electron chi connectivity index (χ4n) is 4.09. The maximum Gasteiger partial charge on any atom is 0.337 e. The van der Waals surface area contributed by atoms with Gasteiger partial charge < -0.3 is 9.64 Å². The number of imide groups is 1. The van der Waals surface area contributed by atoms with Crippen molar-refractivity contribution in [3.05, 3.63) is 42.5 Å². The number of carbonyl (C=O) groups is 4. The van der Waals surface area contributed by atoms with Gasteiger partial charge in [0.15, 0.2) is 0 Å². The molecule has 2 aliphatic rings. The summed E-state index contributed by atoms with van der Waals surface area (Å²) in [5.41, 5.74) is 0.700. The molecule has 0 aromatic heterocycles. The largest absolute Gasteiger partial charge is 0.465 e. The first-order valence-electron chi connectivity index (χ1n) is 9.94. The fourth-order valence-corrected chi connectivity index (χ4v) is 4.09. The summed E-state index contributed by atoms with van der Waals surface area (Å²) in [7, 11) is 1.28. The van der Waals surface area contributed by atoms with Crippen LogP contribution in [0.3, 0.4) is 0 Å². The second kappa shape index (κ2) is 9.03. The summed E-state index contributed by atoms with van der Waals surface area (Å²) < 4.78 is 4.66. The second-order valence-corrected chi connectivity index (χ2v) is 7.44. The lowest BCUT2D eigenvalue weighted by Gasteiger charge is -2.31. The van der Waals surface area contributed by atoms with Crippen molar-refractivity contribution in [2.45, 2.75) is 44.6 Å². The van der Waals surface area contributed by atoms with Crippen molar-refractivity contribution in [2.75, 3.05) is 18.6 Å². The number of methoxy groups -OCH3 is 1. The van der Waals surface area contributed by atoms with Crippen LogP contribution in [0.4, 0.5) is 5.69 Å². The number of benzene rings is 1. The van der Waals surface area contributed by atoms with E-state index in [-0.39, 0.29) is 30.7 Å². The van der Waals surface area contributed by atoms with Crippen LogP contribution in [-0.4, -0.2) is 48.3 Å². The van der Waals surface area contributed by atoms with Gasteiger partial charge in [-0.2, -0.15) is 0 Å². The van der Waals surface area contributed by atoms with E-state index in [4.69, 9.17) is 0 Å². The SMILES string of the molecule is C=CCN(C(=O)C1CCCCC1)C1CC(=O)N(c2ccc(C(=O)OC)cc2)C1=O. The zero-order chi connectivity index (χ0) is 21.0. The number of anilines is 1. The summed E-state index contributed by atoms with van der Waals surface area (Å²) >= 11 is 0. The Labute approximate surface area is 170 Å². The van der Waals surface area contributed by atoms with Crippen molar-refractivity contribution in [1.29, 1.82) is 0 Å². The van der Waals surface area contributed by atoms with Crippen molar-refractivity contribution < 1.29 is 23.9 Å². The number of rotatable bonds is 6. The van der Waals surface area contributed by atoms with Crippen LogP contribution in [0.5, 0.6) is 0 Å². The van der Waals surface area contributed by atoms with E-state index in [2.05, 4.69) is 11.3 Å². The lowest BCUT2D eigenvalue weighted by molar-refractivity contribution is -0.142. The van der Waals surface area contributed by atoms with Gasteiger partial charge in [-0.1, -0.05) is 25.3 Å². The first kappa shape index (κ1) is 20.8. The summed E-state index contributed by atoms with van der Waals surface area (Å²) in [6, 6.07) is 5.25. The van der Waals surface area contributed by atoms with Crippen LogP contribution in [0.15, 0.2) is 36.9 Å². The van der Waals surface area contributed by atoms with Crippen LogP contribution in [0.2, 0.25) is 0 Å². The Bertz CT molecular complexity index is 811. The van der Waals surface area contributed by atoms with Gasteiger partial charge in [0, 0.05) is 12.5 Å². The quantitative estimate of drug-likeness (QED) is 0.418. The van der Waals surface area contributed by atoms with E-state index in [1.54, 1.807) is 6.08 Å². The number of esters is 1. The Hall–Kier alpha value is -2.96. The van der Waals surface area contributed by atoms with Crippen LogP contribution < -0.4 is 4.90 Å². The maximum atomic E-state index is 13.1. The van der Waals surface area contributed by atoms with E-state index in [0.717, 1.165) is 37.0 Å². The van der Waals surface area contributed by atoms with Gasteiger partial charge >= 0.3 is 5.97 Å². The third kappa shape index (κ3) is 4.23. The normalized spacial score (nSPS) is 19.9. The van der Waals surface area contributed by atoms with E-state index in [0.29, 0.717) is 11.3 Å². The molecule has 1 saturated heterocycles. The number of nitrogens with zero attached hydrogens (tertiary/aromatic N) is 2. The highest BCUT2D eigenvalue weighted by molar-refractivity contribution is 6.23. The fraction of sp³-hybridized carbons (Fsp3) is 0.455. The second-order valence-electron chi connectivity index (χ2n) is 7.44. The van der Waals surface area contributed by atoms with Crippen molar-refractivity contribution in [1.82, 2.24) is 4.90 Å². The summed E-state index contributed by atoms with van der Waals surface area (Å²) in [5.74, 6) is -1.45. The molecule has 1 aliphatic heterocycles. The predicted octanol–water partition coefficient (Wildman–Crippen LogP) is 2.70. The Morgan fingerprint density at radius 3 is 2.41 bits per heavy atom. The summed E-state index contributed by atoms with van der Waals surface area (Å²) in [4.78, 5) is 53.0. The average molecular weight is 398 g/mol. The molecule has 1 heterocycles. The van der Waals surface area contributed by atoms with Gasteiger partial charge in [0.1, 0.15) is 6.04 Å². The zero-order valence-electron chi connectivity index (χ0n) is 16.6. The highest BCUT2D eigenvalue weighted by Gasteiger charge is 2.45. The summed E-state index contributed by atoms with van der Waals surface area (Å²) in [6.45, 7) is 3.94. The Morgan fingerprint density at radius 1 is 1.17 bits per heavy atom. The molecule has 1 atom stereocenters. The van der Waals surface area contributed by atoms with Gasteiger partial charge in [0.05, 0.1) is 24.8 Å². The van der Waals surface area contributed by atoms with Crippen molar-refractivity contribution in [2.24, 2.45) is 5.92 Å². The molecule has 7 nitrogen and oxygen atoms in total. The highest BCUT2D eigenvalue weighted by Crippen LogP contribution is 2.30. The van der Waals surface area contributed by atoms with Crippen molar-refractivity contribution >= 4 is 29.4 Å². The molecule has 0 radical (unpaired) electrons. The van der Waals surface area contributed by atoms with Gasteiger partial charge in [0.25, 0.3) is 5.91 Å². The number of ether oxygens (including phenoxy) is 1. The van der Waals surface area contributed by atoms with E-state index < -0.39 is 17.9 Å². The molecule has 3 amide bonds. The lowest BCUT2D eigenvalue weighted by Crippen LogP contribution is -2.48. The van der Waals surface area contributed by atoms with Gasteiger partial charge in [0.2, 0.25) is 11.8 Å². The van der Waals surface area contributed by atoms with Crippen LogP contribution in [0, 0.1) is 5.92 Å². The smallest absolute Gasteiger partial charge is 0.337 e. The topological polar surface area (TPSA) is 84.0 Å². The van der Waals surface area contributed by atoms with Crippen LogP contribution in [0.1, 0.15) is 48.9 Å². The molecular formula is C22H26N2O5.